The molecule has 10 heterocycles. The summed E-state index contributed by atoms with van der Waals surface area (Å²) in [6, 6.07) is 24.4. The maximum Gasteiger partial charge on any atom is 0.251 e. The Hall–Kier alpha value is -6.11. The first-order valence-corrected chi connectivity index (χ1v) is 25.2. The first kappa shape index (κ1) is 45.1. The van der Waals surface area contributed by atoms with E-state index < -0.39 is 0 Å². The van der Waals surface area contributed by atoms with Gasteiger partial charge in [0.05, 0.1) is 86.7 Å². The lowest BCUT2D eigenvalue weighted by atomic mass is 9.95. The van der Waals surface area contributed by atoms with Crippen LogP contribution in [0.1, 0.15) is 71.3 Å². The van der Waals surface area contributed by atoms with Gasteiger partial charge in [-0.1, -0.05) is 30.3 Å². The molecule has 0 spiro atoms. The summed E-state index contributed by atoms with van der Waals surface area (Å²) in [6.45, 7) is 10.6. The molecule has 4 unspecified atom stereocenters. The van der Waals surface area contributed by atoms with Crippen LogP contribution in [-0.2, 0) is 18.9 Å². The SMILES string of the molecule is CNC(=O)c1cccc(-c2ccc3c(n2)N=C(N2C4CCC2COC4)CC3N2C[C@H](CCNC(=O)c3cccc(-c4ccc5c(N6CCOCC6)nc(N6CC7COC[C@H]6C7)nc5n4)c3)O[C@H](C)C2)c1. The number of fused-ring (bicyclic) bond motifs is 6. The van der Waals surface area contributed by atoms with E-state index in [0.29, 0.717) is 93.3 Å². The summed E-state index contributed by atoms with van der Waals surface area (Å²) in [5, 5.41) is 6.83. The number of amides is 2. The number of morpholine rings is 3. The Morgan fingerprint density at radius 1 is 0.757 bits per heavy atom. The number of aliphatic imine (C=N–C) groups is 1. The Kier molecular flexibility index (Phi) is 12.4. The topological polar surface area (TPSA) is 172 Å². The zero-order valence-corrected chi connectivity index (χ0v) is 40.0. The molecule has 3 aromatic heterocycles. The lowest BCUT2D eigenvalue weighted by Gasteiger charge is -2.45. The molecule has 0 aliphatic carbocycles. The third-order valence-electron chi connectivity index (χ3n) is 15.3. The molecule has 6 saturated heterocycles. The third kappa shape index (κ3) is 8.86. The van der Waals surface area contributed by atoms with Crippen molar-refractivity contribution in [2.24, 2.45) is 10.9 Å². The van der Waals surface area contributed by atoms with Gasteiger partial charge in [0.25, 0.3) is 11.8 Å². The van der Waals surface area contributed by atoms with Gasteiger partial charge in [0.2, 0.25) is 5.95 Å². The Morgan fingerprint density at radius 3 is 2.26 bits per heavy atom. The molecule has 7 atom stereocenters. The fourth-order valence-electron chi connectivity index (χ4n) is 11.9. The van der Waals surface area contributed by atoms with Crippen molar-refractivity contribution in [2.75, 3.05) is 95.8 Å². The molecular weight excluding hydrogens is 887 g/mol. The molecule has 6 fully saturated rings. The Balaban J connectivity index is 0.748. The molecule has 4 bridgehead atoms. The largest absolute Gasteiger partial charge is 0.379 e. The van der Waals surface area contributed by atoms with E-state index in [4.69, 9.17) is 43.9 Å². The average molecular weight is 948 g/mol. The van der Waals surface area contributed by atoms with Gasteiger partial charge in [-0.25, -0.2) is 15.0 Å². The number of nitrogens with one attached hydrogen (secondary N) is 2. The van der Waals surface area contributed by atoms with Crippen molar-refractivity contribution in [3.05, 3.63) is 89.5 Å². The summed E-state index contributed by atoms with van der Waals surface area (Å²) in [7, 11) is 1.64. The number of anilines is 2. The molecule has 17 nitrogen and oxygen atoms in total. The van der Waals surface area contributed by atoms with E-state index in [1.165, 1.54) is 0 Å². The fourth-order valence-corrected chi connectivity index (χ4v) is 11.9. The van der Waals surface area contributed by atoms with E-state index in [0.717, 1.165) is 109 Å². The van der Waals surface area contributed by atoms with Crippen molar-refractivity contribution in [3.63, 3.8) is 0 Å². The highest BCUT2D eigenvalue weighted by Gasteiger charge is 2.43. The summed E-state index contributed by atoms with van der Waals surface area (Å²) in [4.78, 5) is 61.9. The molecule has 12 rings (SSSR count). The Bertz CT molecular complexity index is 2810. The molecule has 70 heavy (non-hydrogen) atoms. The zero-order valence-electron chi connectivity index (χ0n) is 40.0. The van der Waals surface area contributed by atoms with Crippen molar-refractivity contribution in [1.29, 1.82) is 0 Å². The number of amidine groups is 1. The van der Waals surface area contributed by atoms with Gasteiger partial charge in [0.1, 0.15) is 11.7 Å². The maximum absolute atomic E-state index is 13.9. The lowest BCUT2D eigenvalue weighted by molar-refractivity contribution is -0.0910. The second-order valence-corrected chi connectivity index (χ2v) is 20.0. The van der Waals surface area contributed by atoms with Gasteiger partial charge in [-0.05, 0) is 75.1 Å². The molecular formula is C53H61N11O6. The minimum atomic E-state index is -0.144. The Morgan fingerprint density at radius 2 is 1.49 bits per heavy atom. The van der Waals surface area contributed by atoms with Crippen LogP contribution in [-0.4, -0.2) is 164 Å². The number of aromatic nitrogens is 4. The first-order chi connectivity index (χ1) is 34.3. The predicted octanol–water partition coefficient (Wildman–Crippen LogP) is 5.42. The van der Waals surface area contributed by atoms with Crippen LogP contribution in [0.5, 0.6) is 0 Å². The molecule has 2 amide bonds. The van der Waals surface area contributed by atoms with Gasteiger partial charge >= 0.3 is 0 Å². The van der Waals surface area contributed by atoms with E-state index in [2.05, 4.69) is 55.4 Å². The van der Waals surface area contributed by atoms with Gasteiger partial charge in [0.15, 0.2) is 11.5 Å². The number of benzene rings is 2. The number of pyridine rings is 2. The van der Waals surface area contributed by atoms with Crippen LogP contribution < -0.4 is 20.4 Å². The maximum atomic E-state index is 13.9. The van der Waals surface area contributed by atoms with E-state index in [9.17, 15) is 9.59 Å². The minimum absolute atomic E-state index is 0.0131. The molecule has 7 aliphatic heterocycles. The number of ether oxygens (including phenoxy) is 4. The van der Waals surface area contributed by atoms with E-state index in [-0.39, 0.29) is 36.1 Å². The fraction of sp³-hybridized carbons (Fsp3) is 0.491. The van der Waals surface area contributed by atoms with Crippen LogP contribution in [0.15, 0.2) is 77.8 Å². The van der Waals surface area contributed by atoms with Gasteiger partial charge in [-0.15, -0.1) is 0 Å². The number of nitrogens with zero attached hydrogens (tertiary/aromatic N) is 9. The van der Waals surface area contributed by atoms with Crippen LogP contribution in [0.4, 0.5) is 17.6 Å². The van der Waals surface area contributed by atoms with E-state index in [1.54, 1.807) is 7.05 Å². The van der Waals surface area contributed by atoms with Gasteiger partial charge in [-0.2, -0.15) is 9.97 Å². The molecule has 7 aliphatic rings. The van der Waals surface area contributed by atoms with Crippen LogP contribution in [0.2, 0.25) is 0 Å². The van der Waals surface area contributed by atoms with Crippen LogP contribution in [0, 0.1) is 5.92 Å². The zero-order chi connectivity index (χ0) is 47.3. The lowest BCUT2D eigenvalue weighted by Crippen LogP contribution is -2.53. The third-order valence-corrected chi connectivity index (χ3v) is 15.3. The number of carbonyl (C=O) groups is 2. The second kappa shape index (κ2) is 19.2. The van der Waals surface area contributed by atoms with Crippen LogP contribution >= 0.6 is 0 Å². The summed E-state index contributed by atoms with van der Waals surface area (Å²) < 4.78 is 24.2. The summed E-state index contributed by atoms with van der Waals surface area (Å²) in [6.07, 6.45) is 4.59. The predicted molar refractivity (Wildman–Crippen MR) is 266 cm³/mol. The quantitative estimate of drug-likeness (QED) is 0.182. The molecule has 17 heteroatoms. The number of rotatable bonds is 10. The molecule has 364 valence electrons. The number of hydrogen-bond acceptors (Lipinski definition) is 15. The van der Waals surface area contributed by atoms with Crippen LogP contribution in [0.25, 0.3) is 33.5 Å². The van der Waals surface area contributed by atoms with Crippen molar-refractivity contribution in [1.82, 2.24) is 40.4 Å². The standard InChI is InChI=1S/C53H61N11O6/c1-32-25-62(46-24-47(64-38-9-10-39(64)30-69-29-38)58-48-42(46)11-13-44(56-48)34-5-3-7-36(22-34)51(65)54-2)27-41(70-32)15-16-55-52(66)37-8-4-6-35(23-37)45-14-12-43-49(57-45)59-53(60-50(43)61-17-19-67-20-18-61)63-26-33-21-40(63)31-68-28-33/h3-8,11-14,22-23,32-33,38-41,46H,9-10,15-21,24-31H2,1-2H3,(H,54,65)(H,55,66)/t32-,33?,38?,39?,40-,41+,46?/m1/s1. The van der Waals surface area contributed by atoms with Crippen molar-refractivity contribution in [3.8, 4) is 22.5 Å². The monoisotopic (exact) mass is 947 g/mol. The molecule has 2 aromatic carbocycles. The van der Waals surface area contributed by atoms with Gasteiger partial charge in [-0.3, -0.25) is 14.5 Å². The van der Waals surface area contributed by atoms with Gasteiger partial charge in [0, 0.05) is 92.5 Å². The normalized spacial score (nSPS) is 26.5. The summed E-state index contributed by atoms with van der Waals surface area (Å²) >= 11 is 0. The van der Waals surface area contributed by atoms with E-state index in [1.807, 2.05) is 54.6 Å². The first-order valence-electron chi connectivity index (χ1n) is 25.2. The molecule has 2 N–H and O–H groups in total. The van der Waals surface area contributed by atoms with Crippen molar-refractivity contribution < 1.29 is 28.5 Å². The van der Waals surface area contributed by atoms with Gasteiger partial charge < -0.3 is 44.3 Å². The average Bonchev–Trinajstić information content (AvgIpc) is 3.84. The number of carbonyl (C=O) groups excluding carboxylic acids is 2. The molecule has 0 radical (unpaired) electrons. The second-order valence-electron chi connectivity index (χ2n) is 20.0. The highest BCUT2D eigenvalue weighted by atomic mass is 16.5. The molecule has 5 aromatic rings. The highest BCUT2D eigenvalue weighted by molar-refractivity contribution is 5.96. The summed E-state index contributed by atoms with van der Waals surface area (Å²) in [5.74, 6) is 3.56. The Labute approximate surface area is 408 Å². The molecule has 0 saturated carbocycles. The smallest absolute Gasteiger partial charge is 0.251 e. The van der Waals surface area contributed by atoms with Crippen molar-refractivity contribution >= 4 is 46.3 Å². The van der Waals surface area contributed by atoms with Crippen molar-refractivity contribution in [2.45, 2.75) is 75.4 Å². The van der Waals surface area contributed by atoms with E-state index >= 15 is 0 Å². The number of hydrogen-bond donors (Lipinski definition) is 2. The van der Waals surface area contributed by atoms with Crippen LogP contribution in [0.3, 0.4) is 0 Å². The summed E-state index contributed by atoms with van der Waals surface area (Å²) in [5.41, 5.74) is 6.10. The minimum Gasteiger partial charge on any atom is -0.379 e. The highest BCUT2D eigenvalue weighted by Crippen LogP contribution is 2.42.